The van der Waals surface area contributed by atoms with Gasteiger partial charge in [0, 0.05) is 5.56 Å². The molecule has 1 aromatic heterocycles. The van der Waals surface area contributed by atoms with E-state index in [1.807, 2.05) is 18.2 Å². The van der Waals surface area contributed by atoms with Crippen LogP contribution in [0.3, 0.4) is 0 Å². The second-order valence-electron chi connectivity index (χ2n) is 7.62. The number of rotatable bonds is 0. The molecule has 5 aromatic rings. The Kier molecular flexibility index (Phi) is 2.68. The van der Waals surface area contributed by atoms with Crippen molar-refractivity contribution in [2.24, 2.45) is 0 Å². The Morgan fingerprint density at radius 2 is 1.21 bits per heavy atom. The van der Waals surface area contributed by atoms with Gasteiger partial charge in [0.05, 0.1) is 11.0 Å². The maximum Gasteiger partial charge on any atom is 0.304 e. The van der Waals surface area contributed by atoms with Crippen molar-refractivity contribution in [3.63, 3.8) is 0 Å². The summed E-state index contributed by atoms with van der Waals surface area (Å²) in [5, 5.41) is 0. The standard InChI is InChI=1S/C26H16N2O/c1-3-11-19-17(9-1)18-10-2-4-12-20(18)26(19)21-13-5-8-16-24(21)29-25-27-22-14-6-7-15-23(22)28(25)26/h1-16H. The summed E-state index contributed by atoms with van der Waals surface area (Å²) in [6.45, 7) is 0. The first-order valence-corrected chi connectivity index (χ1v) is 9.84. The fourth-order valence-electron chi connectivity index (χ4n) is 5.21. The third kappa shape index (κ3) is 1.67. The van der Waals surface area contributed by atoms with Crippen LogP contribution in [-0.2, 0) is 5.54 Å². The van der Waals surface area contributed by atoms with E-state index < -0.39 is 5.54 Å². The zero-order chi connectivity index (χ0) is 19.0. The van der Waals surface area contributed by atoms with E-state index in [4.69, 9.17) is 9.72 Å². The Labute approximate surface area is 167 Å². The average molecular weight is 372 g/mol. The van der Waals surface area contributed by atoms with Gasteiger partial charge in [-0.25, -0.2) is 0 Å². The van der Waals surface area contributed by atoms with Gasteiger partial charge in [0.25, 0.3) is 0 Å². The SMILES string of the molecule is c1ccc2c(c1)Oc1nc3ccccc3n1C21c2ccccc2-c2ccccc21. The van der Waals surface area contributed by atoms with E-state index in [1.54, 1.807) is 0 Å². The number of nitrogens with zero attached hydrogens (tertiary/aromatic N) is 2. The van der Waals surface area contributed by atoms with E-state index >= 15 is 0 Å². The molecule has 0 bridgehead atoms. The quantitative estimate of drug-likeness (QED) is 0.328. The van der Waals surface area contributed by atoms with Crippen molar-refractivity contribution >= 4 is 11.0 Å². The zero-order valence-corrected chi connectivity index (χ0v) is 15.5. The molecule has 29 heavy (non-hydrogen) atoms. The molecular weight excluding hydrogens is 356 g/mol. The van der Waals surface area contributed by atoms with Crippen molar-refractivity contribution in [3.05, 3.63) is 114 Å². The lowest BCUT2D eigenvalue weighted by atomic mass is 9.79. The number of imidazole rings is 1. The molecule has 4 aromatic carbocycles. The number of fused-ring (bicyclic) bond motifs is 11. The maximum atomic E-state index is 6.33. The molecule has 3 nitrogen and oxygen atoms in total. The molecular formula is C26H16N2O. The monoisotopic (exact) mass is 372 g/mol. The minimum atomic E-state index is -0.506. The molecule has 2 aliphatic rings. The smallest absolute Gasteiger partial charge is 0.304 e. The minimum absolute atomic E-state index is 0.506. The van der Waals surface area contributed by atoms with Crippen LogP contribution in [0.15, 0.2) is 97.1 Å². The van der Waals surface area contributed by atoms with Gasteiger partial charge in [-0.3, -0.25) is 4.57 Å². The summed E-state index contributed by atoms with van der Waals surface area (Å²) in [5.74, 6) is 0.863. The van der Waals surface area contributed by atoms with E-state index in [2.05, 4.69) is 83.4 Å². The number of hydrogen-bond donors (Lipinski definition) is 0. The van der Waals surface area contributed by atoms with Gasteiger partial charge in [0.1, 0.15) is 11.3 Å². The van der Waals surface area contributed by atoms with Crippen LogP contribution in [0.5, 0.6) is 11.8 Å². The summed E-state index contributed by atoms with van der Waals surface area (Å²) >= 11 is 0. The molecule has 0 radical (unpaired) electrons. The van der Waals surface area contributed by atoms with Crippen LogP contribution in [0.2, 0.25) is 0 Å². The number of para-hydroxylation sites is 3. The lowest BCUT2D eigenvalue weighted by Crippen LogP contribution is -2.38. The Morgan fingerprint density at radius 3 is 1.97 bits per heavy atom. The fourth-order valence-corrected chi connectivity index (χ4v) is 5.21. The van der Waals surface area contributed by atoms with Crippen LogP contribution in [-0.4, -0.2) is 9.55 Å². The summed E-state index contributed by atoms with van der Waals surface area (Å²) in [6, 6.07) is 34.7. The van der Waals surface area contributed by atoms with Gasteiger partial charge in [-0.05, 0) is 40.5 Å². The van der Waals surface area contributed by atoms with Crippen LogP contribution < -0.4 is 4.74 Å². The minimum Gasteiger partial charge on any atom is -0.425 e. The van der Waals surface area contributed by atoms with Crippen LogP contribution in [0.25, 0.3) is 22.2 Å². The molecule has 0 fully saturated rings. The van der Waals surface area contributed by atoms with E-state index in [1.165, 1.54) is 22.3 Å². The number of aromatic nitrogens is 2. The van der Waals surface area contributed by atoms with Crippen molar-refractivity contribution in [1.29, 1.82) is 0 Å². The van der Waals surface area contributed by atoms with Crippen molar-refractivity contribution in [2.75, 3.05) is 0 Å². The molecule has 0 saturated heterocycles. The molecule has 0 N–H and O–H groups in total. The molecule has 136 valence electrons. The molecule has 0 unspecified atom stereocenters. The molecule has 0 amide bonds. The van der Waals surface area contributed by atoms with Crippen LogP contribution in [0.4, 0.5) is 0 Å². The van der Waals surface area contributed by atoms with Crippen LogP contribution in [0, 0.1) is 0 Å². The van der Waals surface area contributed by atoms with Gasteiger partial charge in [0.15, 0.2) is 0 Å². The van der Waals surface area contributed by atoms with Gasteiger partial charge < -0.3 is 4.74 Å². The lowest BCUT2D eigenvalue weighted by molar-refractivity contribution is 0.340. The molecule has 0 saturated carbocycles. The number of benzene rings is 4. The molecule has 1 aliphatic heterocycles. The predicted octanol–water partition coefficient (Wildman–Crippen LogP) is 5.96. The van der Waals surface area contributed by atoms with Gasteiger partial charge in [-0.15, -0.1) is 0 Å². The van der Waals surface area contributed by atoms with E-state index in [-0.39, 0.29) is 0 Å². The van der Waals surface area contributed by atoms with Crippen molar-refractivity contribution in [2.45, 2.75) is 5.54 Å². The van der Waals surface area contributed by atoms with Gasteiger partial charge in [-0.2, -0.15) is 4.98 Å². The van der Waals surface area contributed by atoms with E-state index in [9.17, 15) is 0 Å². The summed E-state index contributed by atoms with van der Waals surface area (Å²) in [5.41, 5.74) is 7.72. The second kappa shape index (κ2) is 5.15. The highest BCUT2D eigenvalue weighted by Crippen LogP contribution is 2.59. The maximum absolute atomic E-state index is 6.33. The zero-order valence-electron chi connectivity index (χ0n) is 15.5. The molecule has 1 spiro atoms. The highest BCUT2D eigenvalue weighted by Gasteiger charge is 2.51. The first kappa shape index (κ1) is 15.1. The molecule has 3 heteroatoms. The lowest BCUT2D eigenvalue weighted by Gasteiger charge is -2.39. The predicted molar refractivity (Wildman–Crippen MR) is 113 cm³/mol. The Morgan fingerprint density at radius 1 is 0.621 bits per heavy atom. The van der Waals surface area contributed by atoms with Crippen LogP contribution in [0.1, 0.15) is 16.7 Å². The first-order chi connectivity index (χ1) is 14.4. The molecule has 0 atom stereocenters. The van der Waals surface area contributed by atoms with Crippen LogP contribution >= 0.6 is 0 Å². The number of hydrogen-bond acceptors (Lipinski definition) is 2. The summed E-state index contributed by atoms with van der Waals surface area (Å²) < 4.78 is 8.62. The molecule has 2 heterocycles. The fraction of sp³-hybridized carbons (Fsp3) is 0.0385. The van der Waals surface area contributed by atoms with E-state index in [0.717, 1.165) is 22.3 Å². The van der Waals surface area contributed by atoms with Gasteiger partial charge in [0.2, 0.25) is 0 Å². The third-order valence-corrected chi connectivity index (χ3v) is 6.27. The normalized spacial score (nSPS) is 14.8. The van der Waals surface area contributed by atoms with Gasteiger partial charge in [-0.1, -0.05) is 78.9 Å². The Balaban J connectivity index is 1.76. The highest BCUT2D eigenvalue weighted by atomic mass is 16.5. The van der Waals surface area contributed by atoms with E-state index in [0.29, 0.717) is 6.01 Å². The largest absolute Gasteiger partial charge is 0.425 e. The van der Waals surface area contributed by atoms with Gasteiger partial charge >= 0.3 is 6.01 Å². The molecule has 7 rings (SSSR count). The second-order valence-corrected chi connectivity index (χ2v) is 7.62. The average Bonchev–Trinajstić information content (AvgIpc) is 3.29. The topological polar surface area (TPSA) is 27.1 Å². The number of ether oxygens (including phenoxy) is 1. The first-order valence-electron chi connectivity index (χ1n) is 9.84. The summed E-state index contributed by atoms with van der Waals surface area (Å²) in [6.07, 6.45) is 0. The third-order valence-electron chi connectivity index (χ3n) is 6.27. The highest BCUT2D eigenvalue weighted by molar-refractivity contribution is 5.88. The molecule has 1 aliphatic carbocycles. The summed E-state index contributed by atoms with van der Waals surface area (Å²) in [4.78, 5) is 4.86. The Hall–Kier alpha value is -3.85. The van der Waals surface area contributed by atoms with Crippen molar-refractivity contribution in [1.82, 2.24) is 9.55 Å². The van der Waals surface area contributed by atoms with Crippen molar-refractivity contribution < 1.29 is 4.74 Å². The summed E-state index contributed by atoms with van der Waals surface area (Å²) in [7, 11) is 0. The van der Waals surface area contributed by atoms with Crippen molar-refractivity contribution in [3.8, 4) is 22.9 Å². The Bertz CT molecular complexity index is 1400.